The minimum atomic E-state index is -0.958. The lowest BCUT2D eigenvalue weighted by Gasteiger charge is -1.79. The molecule has 0 aliphatic rings. The van der Waals surface area contributed by atoms with Gasteiger partial charge in [0.15, 0.2) is 0 Å². The molecule has 0 aliphatic carbocycles. The second-order valence-corrected chi connectivity index (χ2v) is 5.65. The fraction of sp³-hybridized carbons (Fsp3) is 1.00. The zero-order valence-electron chi connectivity index (χ0n) is 19.4. The molecule has 0 radical (unpaired) electrons. The molecule has 0 amide bonds. The van der Waals surface area contributed by atoms with Crippen molar-refractivity contribution in [3.05, 3.63) is 0 Å². The van der Waals surface area contributed by atoms with Crippen LogP contribution in [-0.4, -0.2) is 0 Å². The van der Waals surface area contributed by atoms with E-state index in [9.17, 15) is 0 Å². The van der Waals surface area contributed by atoms with Crippen LogP contribution < -0.4 is 0 Å². The van der Waals surface area contributed by atoms with Crippen molar-refractivity contribution in [2.75, 3.05) is 0 Å². The summed E-state index contributed by atoms with van der Waals surface area (Å²) in [7, 11) is 0. The van der Waals surface area contributed by atoms with Crippen LogP contribution >= 0.6 is 0 Å². The van der Waals surface area contributed by atoms with Gasteiger partial charge in [-0.3, -0.25) is 0 Å². The molecule has 0 heteroatoms. The van der Waals surface area contributed by atoms with E-state index in [1.165, 1.54) is 19.3 Å². The van der Waals surface area contributed by atoms with E-state index in [0.717, 1.165) is 5.92 Å². The van der Waals surface area contributed by atoms with Crippen LogP contribution in [0.15, 0.2) is 0 Å². The molecule has 0 atom stereocenters. The second-order valence-electron chi connectivity index (χ2n) is 5.65. The number of unbranched alkanes of at least 4 members (excludes halogenated alkanes) is 1. The van der Waals surface area contributed by atoms with Crippen molar-refractivity contribution in [2.24, 2.45) is 11.8 Å². The van der Waals surface area contributed by atoms with Crippen LogP contribution in [0.25, 0.3) is 0 Å². The van der Waals surface area contributed by atoms with Crippen LogP contribution in [0.2, 0.25) is 0 Å². The van der Waals surface area contributed by atoms with Gasteiger partial charge in [-0.25, -0.2) is 0 Å². The molecule has 0 rings (SSSR count). The summed E-state index contributed by atoms with van der Waals surface area (Å²) in [6.45, 7) is 24.1. The molecule has 0 aromatic heterocycles. The van der Waals surface area contributed by atoms with Gasteiger partial charge >= 0.3 is 0 Å². The highest BCUT2D eigenvalue weighted by Crippen LogP contribution is 1.81. The van der Waals surface area contributed by atoms with Gasteiger partial charge in [-0.1, -0.05) is 115 Å². The first-order valence-corrected chi connectivity index (χ1v) is 8.12. The Kier molecular flexibility index (Phi) is 48.2. The summed E-state index contributed by atoms with van der Waals surface area (Å²) < 4.78 is 20.6. The van der Waals surface area contributed by atoms with Gasteiger partial charge in [-0.05, 0) is 11.8 Å². The number of hydrogen-bond acceptors (Lipinski definition) is 0. The summed E-state index contributed by atoms with van der Waals surface area (Å²) in [6, 6.07) is 0. The third-order valence-electron chi connectivity index (χ3n) is 0.854. The van der Waals surface area contributed by atoms with Gasteiger partial charge < -0.3 is 0 Å². The van der Waals surface area contributed by atoms with E-state index < -0.39 is 6.37 Å². The Bertz CT molecular complexity index is 142. The smallest absolute Gasteiger partial charge is 0.0294 e. The van der Waals surface area contributed by atoms with Crippen LogP contribution in [0.3, 0.4) is 0 Å². The zero-order valence-corrected chi connectivity index (χ0v) is 16.4. The van der Waals surface area contributed by atoms with Crippen LogP contribution in [0.4, 0.5) is 0 Å². The van der Waals surface area contributed by atoms with E-state index in [4.69, 9.17) is 4.11 Å². The van der Waals surface area contributed by atoms with Gasteiger partial charge in [0.2, 0.25) is 0 Å². The third kappa shape index (κ3) is 1150. The topological polar surface area (TPSA) is 0 Å². The zero-order chi connectivity index (χ0) is 19.4. The quantitative estimate of drug-likeness (QED) is 0.476. The summed E-state index contributed by atoms with van der Waals surface area (Å²) >= 11 is 0. The third-order valence-corrected chi connectivity index (χ3v) is 0.854. The number of rotatable bonds is 2. The molecule has 0 saturated carbocycles. The predicted octanol–water partition coefficient (Wildman–Crippen LogP) is 8.35. The Hall–Kier alpha value is 0. The van der Waals surface area contributed by atoms with E-state index in [2.05, 4.69) is 48.5 Å². The first-order chi connectivity index (χ1) is 9.62. The lowest BCUT2D eigenvalue weighted by Crippen LogP contribution is -1.66. The van der Waals surface area contributed by atoms with Crippen LogP contribution in [0.5, 0.6) is 0 Å². The Morgan fingerprint density at radius 1 is 0.684 bits per heavy atom. The highest BCUT2D eigenvalue weighted by atomic mass is 13.7. The van der Waals surface area contributed by atoms with Gasteiger partial charge in [0.25, 0.3) is 0 Å². The highest BCUT2D eigenvalue weighted by Gasteiger charge is 1.68. The van der Waals surface area contributed by atoms with Crippen molar-refractivity contribution >= 4 is 0 Å². The van der Waals surface area contributed by atoms with Crippen molar-refractivity contribution in [1.29, 1.82) is 0 Å². The van der Waals surface area contributed by atoms with Gasteiger partial charge in [-0.15, -0.1) is 0 Å². The Balaban J connectivity index is -0.0000000559. The van der Waals surface area contributed by atoms with Crippen molar-refractivity contribution in [3.63, 3.8) is 0 Å². The molecule has 0 N–H and O–H groups in total. The van der Waals surface area contributed by atoms with Crippen molar-refractivity contribution in [2.45, 2.75) is 115 Å². The molecule has 0 aliphatic heterocycles. The lowest BCUT2D eigenvalue weighted by atomic mass is 10.3. The molecule has 0 aromatic rings. The predicted molar refractivity (Wildman–Crippen MR) is 98.2 cm³/mol. The van der Waals surface area contributed by atoms with Crippen molar-refractivity contribution in [3.8, 4) is 0 Å². The standard InChI is InChI=1S/4C4H10.C3H8/c2*1-4(2)3;2*1-3-4-2;1-3-2/h2*4H,1-3H3;2*3-4H2,1-2H3;3H2,1-2H3/i4D;;3D2;;. The van der Waals surface area contributed by atoms with Crippen molar-refractivity contribution < 1.29 is 4.11 Å². The van der Waals surface area contributed by atoms with Crippen LogP contribution in [0, 0.1) is 11.8 Å². The fourth-order valence-corrected chi connectivity index (χ4v) is 0. The summed E-state index contributed by atoms with van der Waals surface area (Å²) in [4.78, 5) is 0. The van der Waals surface area contributed by atoms with E-state index in [0.29, 0.717) is 6.42 Å². The fourth-order valence-electron chi connectivity index (χ4n) is 0. The van der Waals surface area contributed by atoms with Crippen LogP contribution in [0.1, 0.15) is 119 Å². The van der Waals surface area contributed by atoms with Gasteiger partial charge in [0, 0.05) is 4.11 Å². The molecule has 0 unspecified atom stereocenters. The normalized spacial score (nSPS) is 11.5. The SMILES string of the molecule is CC(C)C.CCC.CCCC.[2H]C(C)(C)C.[2H]C([2H])(C)CC. The molecular formula is C19H48. The van der Waals surface area contributed by atoms with Gasteiger partial charge in [0.1, 0.15) is 0 Å². The summed E-state index contributed by atoms with van der Waals surface area (Å²) in [6.07, 6.45) is 3.53. The molecule has 0 fully saturated rings. The molecule has 0 bridgehead atoms. The lowest BCUT2D eigenvalue weighted by molar-refractivity contribution is 0.736. The minimum Gasteiger partial charge on any atom is -0.0656 e. The molecule has 0 nitrogen and oxygen atoms in total. The first kappa shape index (κ1) is 21.3. The molecule has 124 valence electrons. The maximum absolute atomic E-state index is 6.94. The maximum Gasteiger partial charge on any atom is 0.0294 e. The van der Waals surface area contributed by atoms with E-state index in [1.54, 1.807) is 6.92 Å². The van der Waals surface area contributed by atoms with Crippen LogP contribution in [-0.2, 0) is 0 Å². The summed E-state index contributed by atoms with van der Waals surface area (Å²) in [5.74, 6) is 0.583. The molecule has 19 heavy (non-hydrogen) atoms. The Morgan fingerprint density at radius 3 is 0.789 bits per heavy atom. The highest BCUT2D eigenvalue weighted by molar-refractivity contribution is 4.21. The Morgan fingerprint density at radius 2 is 0.789 bits per heavy atom. The maximum atomic E-state index is 6.94. The minimum absolute atomic E-state index is 0.250. The van der Waals surface area contributed by atoms with Crippen molar-refractivity contribution in [1.82, 2.24) is 0 Å². The van der Waals surface area contributed by atoms with E-state index in [-0.39, 0.29) is 5.89 Å². The van der Waals surface area contributed by atoms with E-state index >= 15 is 0 Å². The average molecular weight is 280 g/mol. The summed E-state index contributed by atoms with van der Waals surface area (Å²) in [5.41, 5.74) is 0. The Labute approximate surface area is 132 Å². The second kappa shape index (κ2) is 43.0. The largest absolute Gasteiger partial charge is 0.0656 e. The van der Waals surface area contributed by atoms with E-state index in [1.807, 2.05) is 27.7 Å². The molecule has 0 spiro atoms. The monoisotopic (exact) mass is 279 g/mol. The van der Waals surface area contributed by atoms with Gasteiger partial charge in [-0.2, -0.15) is 0 Å². The van der Waals surface area contributed by atoms with Gasteiger partial charge in [0.05, 0.1) is 0 Å². The molecule has 0 heterocycles. The molecule has 0 aromatic carbocycles. The summed E-state index contributed by atoms with van der Waals surface area (Å²) in [5, 5.41) is 0. The first-order valence-electron chi connectivity index (χ1n) is 9.62. The molecule has 0 saturated heterocycles. The number of hydrogen-bond donors (Lipinski definition) is 0. The average Bonchev–Trinajstić information content (AvgIpc) is 2.26. The molecular weight excluding hydrogens is 228 g/mol.